The zero-order valence-corrected chi connectivity index (χ0v) is 7.81. The third-order valence-corrected chi connectivity index (χ3v) is 1.98. The molecule has 0 aliphatic heterocycles. The molecule has 0 N–H and O–H groups in total. The van der Waals surface area contributed by atoms with Crippen LogP contribution in [-0.2, 0) is 0 Å². The summed E-state index contributed by atoms with van der Waals surface area (Å²) in [4.78, 5) is 0. The maximum atomic E-state index is 8.80. The maximum absolute atomic E-state index is 8.80. The molecule has 61 valence electrons. The van der Waals surface area contributed by atoms with Crippen LogP contribution in [0.2, 0.25) is 5.02 Å². The van der Waals surface area contributed by atoms with Gasteiger partial charge in [0.15, 0.2) is 0 Å². The minimum atomic E-state index is 0.524. The normalized spacial score (nSPS) is 9.92. The van der Waals surface area contributed by atoms with Gasteiger partial charge < -0.3 is 0 Å². The van der Waals surface area contributed by atoms with Gasteiger partial charge in [-0.15, -0.1) is 0 Å². The molecule has 0 spiro atoms. The molecule has 0 unspecified atom stereocenters. The molecule has 0 atom stereocenters. The van der Waals surface area contributed by atoms with E-state index < -0.39 is 0 Å². The quantitative estimate of drug-likeness (QED) is 0.648. The second kappa shape index (κ2) is 3.60. The molecule has 1 aromatic rings. The molecule has 0 aromatic heterocycles. The predicted molar refractivity (Wildman–Crippen MR) is 49.9 cm³/mol. The van der Waals surface area contributed by atoms with Crippen LogP contribution >= 0.6 is 11.6 Å². The second-order valence-corrected chi connectivity index (χ2v) is 3.18. The highest BCUT2D eigenvalue weighted by molar-refractivity contribution is 6.31. The van der Waals surface area contributed by atoms with Gasteiger partial charge in [-0.2, -0.15) is 5.26 Å². The van der Waals surface area contributed by atoms with Gasteiger partial charge in [0.05, 0.1) is 10.6 Å². The first kappa shape index (κ1) is 9.09. The van der Waals surface area contributed by atoms with Gasteiger partial charge >= 0.3 is 0 Å². The molecule has 1 radical (unpaired) electrons. The molecule has 0 amide bonds. The van der Waals surface area contributed by atoms with E-state index in [-0.39, 0.29) is 0 Å². The minimum Gasteiger partial charge on any atom is -0.192 e. The van der Waals surface area contributed by atoms with Crippen LogP contribution in [0.1, 0.15) is 25.0 Å². The van der Waals surface area contributed by atoms with E-state index in [0.29, 0.717) is 10.6 Å². The molecular weight excluding hydrogens is 170 g/mol. The average Bonchev–Trinajstić information content (AvgIpc) is 2.03. The lowest BCUT2D eigenvalue weighted by Gasteiger charge is -2.07. The van der Waals surface area contributed by atoms with E-state index in [1.54, 1.807) is 6.07 Å². The molecule has 1 aromatic carbocycles. The van der Waals surface area contributed by atoms with Crippen LogP contribution in [0.5, 0.6) is 0 Å². The van der Waals surface area contributed by atoms with Crippen molar-refractivity contribution in [1.82, 2.24) is 0 Å². The van der Waals surface area contributed by atoms with Crippen molar-refractivity contribution < 1.29 is 0 Å². The maximum Gasteiger partial charge on any atom is 0.101 e. The summed E-state index contributed by atoms with van der Waals surface area (Å²) < 4.78 is 0. The predicted octanol–water partition coefficient (Wildman–Crippen LogP) is 3.17. The van der Waals surface area contributed by atoms with Crippen LogP contribution in [0.3, 0.4) is 0 Å². The fourth-order valence-electron chi connectivity index (χ4n) is 1.05. The fraction of sp³-hybridized carbons (Fsp3) is 0.200. The highest BCUT2D eigenvalue weighted by Crippen LogP contribution is 2.24. The number of rotatable bonds is 1. The zero-order valence-electron chi connectivity index (χ0n) is 7.06. The van der Waals surface area contributed by atoms with Crippen LogP contribution in [0.4, 0.5) is 0 Å². The lowest BCUT2D eigenvalue weighted by molar-refractivity contribution is 1.14. The third-order valence-electron chi connectivity index (χ3n) is 1.66. The van der Waals surface area contributed by atoms with Crippen molar-refractivity contribution >= 4 is 11.6 Å². The molecule has 1 nitrogen and oxygen atoms in total. The van der Waals surface area contributed by atoms with Crippen molar-refractivity contribution in [1.29, 1.82) is 5.26 Å². The van der Waals surface area contributed by atoms with Crippen molar-refractivity contribution in [3.8, 4) is 6.07 Å². The molecule has 1 rings (SSSR count). The monoisotopic (exact) mass is 178 g/mol. The molecule has 0 fully saturated rings. The Bertz CT molecular complexity index is 323. The Labute approximate surface area is 77.6 Å². The van der Waals surface area contributed by atoms with E-state index >= 15 is 0 Å². The molecule has 0 saturated carbocycles. The third kappa shape index (κ3) is 1.60. The van der Waals surface area contributed by atoms with Crippen LogP contribution in [0.15, 0.2) is 18.2 Å². The van der Waals surface area contributed by atoms with E-state index in [2.05, 4.69) is 6.07 Å². The average molecular weight is 179 g/mol. The van der Waals surface area contributed by atoms with Crippen molar-refractivity contribution in [3.63, 3.8) is 0 Å². The summed E-state index contributed by atoms with van der Waals surface area (Å²) in [5.74, 6) is 1.11. The molecule has 0 aliphatic carbocycles. The fourth-order valence-corrected chi connectivity index (χ4v) is 1.27. The molecule has 0 saturated heterocycles. The Balaban J connectivity index is 3.30. The number of benzene rings is 1. The van der Waals surface area contributed by atoms with Crippen LogP contribution < -0.4 is 0 Å². The summed E-state index contributed by atoms with van der Waals surface area (Å²) in [6.45, 7) is 3.93. The lowest BCUT2D eigenvalue weighted by atomic mass is 9.98. The first-order valence-corrected chi connectivity index (χ1v) is 4.03. The first-order chi connectivity index (χ1) is 5.66. The number of halogens is 1. The first-order valence-electron chi connectivity index (χ1n) is 3.66. The van der Waals surface area contributed by atoms with Crippen LogP contribution in [-0.4, -0.2) is 0 Å². The summed E-state index contributed by atoms with van der Waals surface area (Å²) in [5, 5.41) is 9.32. The highest BCUT2D eigenvalue weighted by atomic mass is 35.5. The number of hydrogen-bond acceptors (Lipinski definition) is 1. The number of nitriles is 1. The summed E-state index contributed by atoms with van der Waals surface area (Å²) in [6, 6.07) is 7.58. The van der Waals surface area contributed by atoms with Crippen LogP contribution in [0, 0.1) is 17.2 Å². The molecule has 0 bridgehead atoms. The number of nitrogens with zero attached hydrogens (tertiary/aromatic N) is 1. The van der Waals surface area contributed by atoms with Gasteiger partial charge in [0, 0.05) is 5.92 Å². The van der Waals surface area contributed by atoms with E-state index in [1.807, 2.05) is 26.0 Å². The minimum absolute atomic E-state index is 0.524. The van der Waals surface area contributed by atoms with E-state index in [1.165, 1.54) is 0 Å². The Kier molecular flexibility index (Phi) is 2.73. The lowest BCUT2D eigenvalue weighted by Crippen LogP contribution is -1.93. The van der Waals surface area contributed by atoms with E-state index in [9.17, 15) is 0 Å². The topological polar surface area (TPSA) is 23.8 Å². The Morgan fingerprint density at radius 2 is 2.08 bits per heavy atom. The van der Waals surface area contributed by atoms with E-state index in [4.69, 9.17) is 16.9 Å². The molecule has 2 heteroatoms. The van der Waals surface area contributed by atoms with Crippen molar-refractivity contribution in [3.05, 3.63) is 40.3 Å². The second-order valence-electron chi connectivity index (χ2n) is 2.77. The summed E-state index contributed by atoms with van der Waals surface area (Å²) in [6.07, 6.45) is 0. The molecule has 0 heterocycles. The van der Waals surface area contributed by atoms with Gasteiger partial charge in [-0.3, -0.25) is 0 Å². The van der Waals surface area contributed by atoms with Crippen molar-refractivity contribution in [2.24, 2.45) is 0 Å². The Morgan fingerprint density at radius 3 is 2.50 bits per heavy atom. The van der Waals surface area contributed by atoms with Gasteiger partial charge in [-0.1, -0.05) is 37.6 Å². The summed E-state index contributed by atoms with van der Waals surface area (Å²) in [5.41, 5.74) is 1.50. The Morgan fingerprint density at radius 1 is 1.42 bits per heavy atom. The largest absolute Gasteiger partial charge is 0.192 e. The molecule has 12 heavy (non-hydrogen) atoms. The Hall–Kier alpha value is -1.00. The highest BCUT2D eigenvalue weighted by Gasteiger charge is 2.08. The van der Waals surface area contributed by atoms with Crippen LogP contribution in [0.25, 0.3) is 0 Å². The van der Waals surface area contributed by atoms with Gasteiger partial charge in [0.2, 0.25) is 0 Å². The molecular formula is C10H9ClN. The van der Waals surface area contributed by atoms with E-state index in [0.717, 1.165) is 11.5 Å². The van der Waals surface area contributed by atoms with Gasteiger partial charge in [0.25, 0.3) is 0 Å². The van der Waals surface area contributed by atoms with Crippen molar-refractivity contribution in [2.75, 3.05) is 0 Å². The van der Waals surface area contributed by atoms with Gasteiger partial charge in [-0.05, 0) is 11.6 Å². The smallest absolute Gasteiger partial charge is 0.101 e. The summed E-state index contributed by atoms with van der Waals surface area (Å²) >= 11 is 5.84. The molecule has 0 aliphatic rings. The number of hydrogen-bond donors (Lipinski definition) is 0. The van der Waals surface area contributed by atoms with Gasteiger partial charge in [-0.25, -0.2) is 0 Å². The zero-order chi connectivity index (χ0) is 9.14. The standard InChI is InChI=1S/C10H9ClN/c1-7(2)8-4-3-5-10(11)9(8)6-12/h3-5H,1-2H3. The summed E-state index contributed by atoms with van der Waals surface area (Å²) in [7, 11) is 0. The van der Waals surface area contributed by atoms with Crippen molar-refractivity contribution in [2.45, 2.75) is 13.8 Å². The van der Waals surface area contributed by atoms with Gasteiger partial charge in [0.1, 0.15) is 6.07 Å². The SMILES string of the molecule is C[C](C)c1cccc(Cl)c1C#N.